The molecule has 0 atom stereocenters. The van der Waals surface area contributed by atoms with E-state index in [2.05, 4.69) is 15.6 Å². The Balaban J connectivity index is 1.65. The minimum absolute atomic E-state index is 0.208. The van der Waals surface area contributed by atoms with Crippen LogP contribution in [0.4, 0.5) is 10.8 Å². The molecule has 0 aliphatic carbocycles. The Hall–Kier alpha value is -2.90. The van der Waals surface area contributed by atoms with Crippen LogP contribution in [0.15, 0.2) is 53.9 Å². The van der Waals surface area contributed by atoms with Gasteiger partial charge >= 0.3 is 0 Å². The predicted molar refractivity (Wildman–Crippen MR) is 102 cm³/mol. The summed E-state index contributed by atoms with van der Waals surface area (Å²) in [7, 11) is 1.56. The maximum absolute atomic E-state index is 12.2. The van der Waals surface area contributed by atoms with Crippen molar-refractivity contribution in [2.24, 2.45) is 0 Å². The van der Waals surface area contributed by atoms with Crippen molar-refractivity contribution in [2.45, 2.75) is 0 Å². The summed E-state index contributed by atoms with van der Waals surface area (Å²) in [6, 6.07) is 13.5. The Morgan fingerprint density at radius 3 is 2.54 bits per heavy atom. The Kier molecular flexibility index (Phi) is 5.50. The largest absolute Gasteiger partial charge is 0.497 e. The van der Waals surface area contributed by atoms with E-state index in [1.54, 1.807) is 61.0 Å². The third-order valence-corrected chi connectivity index (χ3v) is 4.38. The third kappa shape index (κ3) is 4.38. The third-order valence-electron chi connectivity index (χ3n) is 3.39. The lowest BCUT2D eigenvalue weighted by atomic mass is 10.2. The molecule has 0 radical (unpaired) electrons. The van der Waals surface area contributed by atoms with Crippen molar-refractivity contribution in [1.29, 1.82) is 0 Å². The number of nitrogens with one attached hydrogen (secondary N) is 2. The molecule has 0 saturated carbocycles. The highest BCUT2D eigenvalue weighted by molar-refractivity contribution is 7.14. The molecule has 0 fully saturated rings. The Morgan fingerprint density at radius 1 is 1.08 bits per heavy atom. The second-order valence-corrected chi connectivity index (χ2v) is 6.48. The van der Waals surface area contributed by atoms with Crippen molar-refractivity contribution in [3.05, 3.63) is 70.2 Å². The summed E-state index contributed by atoms with van der Waals surface area (Å²) in [5, 5.41) is 7.80. The number of nitrogens with zero attached hydrogens (tertiary/aromatic N) is 1. The van der Waals surface area contributed by atoms with E-state index >= 15 is 0 Å². The number of carbonyl (C=O) groups is 2. The van der Waals surface area contributed by atoms with Crippen LogP contribution in [0.5, 0.6) is 5.75 Å². The zero-order chi connectivity index (χ0) is 18.5. The van der Waals surface area contributed by atoms with E-state index < -0.39 is 0 Å². The van der Waals surface area contributed by atoms with E-state index in [-0.39, 0.29) is 17.5 Å². The number of carbonyl (C=O) groups excluding carboxylic acids is 2. The van der Waals surface area contributed by atoms with Crippen molar-refractivity contribution in [2.75, 3.05) is 17.7 Å². The molecule has 26 heavy (non-hydrogen) atoms. The summed E-state index contributed by atoms with van der Waals surface area (Å²) in [6.45, 7) is 0. The average molecular weight is 388 g/mol. The van der Waals surface area contributed by atoms with Gasteiger partial charge in [0.15, 0.2) is 5.13 Å². The van der Waals surface area contributed by atoms with Crippen molar-refractivity contribution < 1.29 is 14.3 Å². The zero-order valence-corrected chi connectivity index (χ0v) is 15.2. The molecule has 2 aromatic carbocycles. The Morgan fingerprint density at radius 2 is 1.85 bits per heavy atom. The van der Waals surface area contributed by atoms with Crippen molar-refractivity contribution in [3.63, 3.8) is 0 Å². The molecule has 2 N–H and O–H groups in total. The molecule has 1 heterocycles. The van der Waals surface area contributed by atoms with Crippen LogP contribution in [0.25, 0.3) is 0 Å². The average Bonchev–Trinajstić information content (AvgIpc) is 3.10. The number of halogens is 1. The number of hydrogen-bond acceptors (Lipinski definition) is 5. The molecule has 2 amide bonds. The van der Waals surface area contributed by atoms with Gasteiger partial charge in [-0.2, -0.15) is 0 Å². The van der Waals surface area contributed by atoms with E-state index in [1.807, 2.05) is 0 Å². The highest BCUT2D eigenvalue weighted by Crippen LogP contribution is 2.20. The van der Waals surface area contributed by atoms with Crippen molar-refractivity contribution in [1.82, 2.24) is 4.98 Å². The lowest BCUT2D eigenvalue weighted by molar-refractivity contribution is 0.101. The van der Waals surface area contributed by atoms with E-state index in [4.69, 9.17) is 16.3 Å². The quantitative estimate of drug-likeness (QED) is 0.683. The SMILES string of the molecule is COc1ccc(C(=O)Nc2nc(C(=O)Nc3cccc(Cl)c3)cs2)cc1. The number of anilines is 2. The zero-order valence-electron chi connectivity index (χ0n) is 13.7. The highest BCUT2D eigenvalue weighted by atomic mass is 35.5. The van der Waals surface area contributed by atoms with Crippen molar-refractivity contribution in [3.8, 4) is 5.75 Å². The lowest BCUT2D eigenvalue weighted by Crippen LogP contribution is -2.14. The number of benzene rings is 2. The summed E-state index contributed by atoms with van der Waals surface area (Å²) in [4.78, 5) is 28.6. The minimum Gasteiger partial charge on any atom is -0.497 e. The van der Waals surface area contributed by atoms with Crippen LogP contribution >= 0.6 is 22.9 Å². The van der Waals surface area contributed by atoms with E-state index in [0.29, 0.717) is 27.2 Å². The second kappa shape index (κ2) is 7.99. The van der Waals surface area contributed by atoms with E-state index in [0.717, 1.165) is 0 Å². The molecule has 0 spiro atoms. The summed E-state index contributed by atoms with van der Waals surface area (Å²) >= 11 is 7.06. The fourth-order valence-corrected chi connectivity index (χ4v) is 2.98. The van der Waals surface area contributed by atoms with Crippen LogP contribution < -0.4 is 15.4 Å². The summed E-state index contributed by atoms with van der Waals surface area (Å²) < 4.78 is 5.06. The molecule has 0 unspecified atom stereocenters. The lowest BCUT2D eigenvalue weighted by Gasteiger charge is -2.04. The first-order chi connectivity index (χ1) is 12.5. The number of ether oxygens (including phenoxy) is 1. The topological polar surface area (TPSA) is 80.3 Å². The maximum atomic E-state index is 12.2. The van der Waals surface area contributed by atoms with Gasteiger partial charge in [-0.3, -0.25) is 14.9 Å². The van der Waals surface area contributed by atoms with Gasteiger partial charge in [-0.15, -0.1) is 11.3 Å². The molecule has 3 rings (SSSR count). The van der Waals surface area contributed by atoms with Gasteiger partial charge in [0.25, 0.3) is 11.8 Å². The number of hydrogen-bond donors (Lipinski definition) is 2. The Bertz CT molecular complexity index is 941. The standard InChI is InChI=1S/C18H14ClN3O3S/c1-25-14-7-5-11(6-8-14)16(23)22-18-21-15(10-26-18)17(24)20-13-4-2-3-12(19)9-13/h2-10H,1H3,(H,20,24)(H,21,22,23). The molecule has 0 bridgehead atoms. The van der Waals surface area contributed by atoms with Gasteiger partial charge in [-0.05, 0) is 42.5 Å². The molecule has 0 saturated heterocycles. The predicted octanol–water partition coefficient (Wildman–Crippen LogP) is 4.31. The van der Waals surface area contributed by atoms with Gasteiger partial charge in [-0.1, -0.05) is 17.7 Å². The minimum atomic E-state index is -0.381. The number of rotatable bonds is 5. The number of aromatic nitrogens is 1. The number of amides is 2. The van der Waals surface area contributed by atoms with Crippen LogP contribution in [0.1, 0.15) is 20.8 Å². The number of thiazole rings is 1. The van der Waals surface area contributed by atoms with Crippen molar-refractivity contribution >= 4 is 45.6 Å². The first-order valence-corrected chi connectivity index (χ1v) is 8.79. The first-order valence-electron chi connectivity index (χ1n) is 7.53. The number of methoxy groups -OCH3 is 1. The molecule has 132 valence electrons. The van der Waals surface area contributed by atoms with E-state index in [9.17, 15) is 9.59 Å². The van der Waals surface area contributed by atoms with Crippen LogP contribution in [0.2, 0.25) is 5.02 Å². The molecular formula is C18H14ClN3O3S. The van der Waals surface area contributed by atoms with Gasteiger partial charge in [0.05, 0.1) is 7.11 Å². The van der Waals surface area contributed by atoms with Gasteiger partial charge < -0.3 is 10.1 Å². The fourth-order valence-electron chi connectivity index (χ4n) is 2.11. The first kappa shape index (κ1) is 17.9. The molecule has 6 nitrogen and oxygen atoms in total. The van der Waals surface area contributed by atoms with Gasteiger partial charge in [0.1, 0.15) is 11.4 Å². The van der Waals surface area contributed by atoms with E-state index in [1.165, 1.54) is 11.3 Å². The van der Waals surface area contributed by atoms with Gasteiger partial charge in [0.2, 0.25) is 0 Å². The summed E-state index contributed by atoms with van der Waals surface area (Å²) in [6.07, 6.45) is 0. The smallest absolute Gasteiger partial charge is 0.275 e. The molecule has 1 aromatic heterocycles. The van der Waals surface area contributed by atoms with Gasteiger partial charge in [0, 0.05) is 21.7 Å². The second-order valence-electron chi connectivity index (χ2n) is 5.18. The van der Waals surface area contributed by atoms with Crippen LogP contribution in [0.3, 0.4) is 0 Å². The monoisotopic (exact) mass is 387 g/mol. The van der Waals surface area contributed by atoms with Crippen LogP contribution in [0, 0.1) is 0 Å². The Labute approximate surface area is 158 Å². The maximum Gasteiger partial charge on any atom is 0.275 e. The van der Waals surface area contributed by atoms with Crippen LogP contribution in [-0.4, -0.2) is 23.9 Å². The fraction of sp³-hybridized carbons (Fsp3) is 0.0556. The van der Waals surface area contributed by atoms with Crippen LogP contribution in [-0.2, 0) is 0 Å². The molecular weight excluding hydrogens is 374 g/mol. The molecule has 3 aromatic rings. The normalized spacial score (nSPS) is 10.2. The molecule has 0 aliphatic heterocycles. The summed E-state index contributed by atoms with van der Waals surface area (Å²) in [5.74, 6) is -0.0342. The molecule has 8 heteroatoms. The summed E-state index contributed by atoms with van der Waals surface area (Å²) in [5.41, 5.74) is 1.24. The molecule has 0 aliphatic rings. The highest BCUT2D eigenvalue weighted by Gasteiger charge is 2.14. The van der Waals surface area contributed by atoms with Gasteiger partial charge in [-0.25, -0.2) is 4.98 Å².